The molecular weight excluding hydrogens is 445 g/mol. The van der Waals surface area contributed by atoms with Crippen LogP contribution in [0.1, 0.15) is 23.7 Å². The monoisotopic (exact) mass is 473 g/mol. The molecule has 0 amide bonds. The van der Waals surface area contributed by atoms with Gasteiger partial charge in [-0.25, -0.2) is 0 Å². The molecule has 1 atom stereocenters. The summed E-state index contributed by atoms with van der Waals surface area (Å²) in [5, 5.41) is 11.9. The van der Waals surface area contributed by atoms with Crippen molar-refractivity contribution in [3.8, 4) is 0 Å². The molecule has 26 heavy (non-hydrogen) atoms. The Morgan fingerprint density at radius 2 is 2.04 bits per heavy atom. The average molecular weight is 473 g/mol. The SMILES string of the molecule is CN=C(NCCCc1cnn(C)c1)N1CCOC(c2cnn(C)c2)C1.I. The molecule has 2 aromatic rings. The highest BCUT2D eigenvalue weighted by atomic mass is 127. The van der Waals surface area contributed by atoms with Crippen molar-refractivity contribution in [1.29, 1.82) is 0 Å². The fourth-order valence-corrected chi connectivity index (χ4v) is 3.08. The first-order chi connectivity index (χ1) is 12.2. The first-order valence-corrected chi connectivity index (χ1v) is 8.69. The predicted octanol–water partition coefficient (Wildman–Crippen LogP) is 1.35. The summed E-state index contributed by atoms with van der Waals surface area (Å²) in [4.78, 5) is 6.69. The number of halogens is 1. The van der Waals surface area contributed by atoms with Gasteiger partial charge < -0.3 is 15.0 Å². The van der Waals surface area contributed by atoms with Crippen LogP contribution in [-0.4, -0.2) is 63.7 Å². The van der Waals surface area contributed by atoms with Gasteiger partial charge in [-0.05, 0) is 18.4 Å². The smallest absolute Gasteiger partial charge is 0.193 e. The van der Waals surface area contributed by atoms with Gasteiger partial charge in [0.1, 0.15) is 6.10 Å². The van der Waals surface area contributed by atoms with Crippen molar-refractivity contribution in [3.63, 3.8) is 0 Å². The number of hydrogen-bond donors (Lipinski definition) is 1. The van der Waals surface area contributed by atoms with Crippen LogP contribution in [0.5, 0.6) is 0 Å². The predicted molar refractivity (Wildman–Crippen MR) is 112 cm³/mol. The fraction of sp³-hybridized carbons (Fsp3) is 0.588. The van der Waals surface area contributed by atoms with Crippen LogP contribution in [0.15, 0.2) is 29.8 Å². The molecule has 0 aliphatic carbocycles. The Morgan fingerprint density at radius 1 is 1.27 bits per heavy atom. The number of nitrogens with one attached hydrogen (secondary N) is 1. The molecule has 144 valence electrons. The maximum atomic E-state index is 5.90. The summed E-state index contributed by atoms with van der Waals surface area (Å²) >= 11 is 0. The lowest BCUT2D eigenvalue weighted by Gasteiger charge is -2.34. The largest absolute Gasteiger partial charge is 0.370 e. The number of morpholine rings is 1. The maximum absolute atomic E-state index is 5.90. The molecule has 0 saturated carbocycles. The van der Waals surface area contributed by atoms with Gasteiger partial charge in [0.25, 0.3) is 0 Å². The van der Waals surface area contributed by atoms with Crippen LogP contribution in [-0.2, 0) is 25.3 Å². The van der Waals surface area contributed by atoms with Crippen LogP contribution in [0.3, 0.4) is 0 Å². The molecule has 0 bridgehead atoms. The van der Waals surface area contributed by atoms with E-state index in [-0.39, 0.29) is 30.1 Å². The third-order valence-electron chi connectivity index (χ3n) is 4.36. The Hall–Kier alpha value is -1.62. The quantitative estimate of drug-likeness (QED) is 0.307. The van der Waals surface area contributed by atoms with Gasteiger partial charge in [-0.2, -0.15) is 10.2 Å². The summed E-state index contributed by atoms with van der Waals surface area (Å²) in [5.41, 5.74) is 2.38. The van der Waals surface area contributed by atoms with E-state index in [0.29, 0.717) is 6.61 Å². The second-order valence-electron chi connectivity index (χ2n) is 6.35. The number of hydrogen-bond acceptors (Lipinski definition) is 4. The van der Waals surface area contributed by atoms with E-state index in [2.05, 4.69) is 31.6 Å². The van der Waals surface area contributed by atoms with E-state index in [4.69, 9.17) is 4.74 Å². The van der Waals surface area contributed by atoms with E-state index in [1.54, 1.807) is 0 Å². The Labute approximate surface area is 171 Å². The molecule has 8 nitrogen and oxygen atoms in total. The Balaban J connectivity index is 0.00000243. The summed E-state index contributed by atoms with van der Waals surface area (Å²) in [6, 6.07) is 0. The van der Waals surface area contributed by atoms with Crippen LogP contribution in [0.4, 0.5) is 0 Å². The second kappa shape index (κ2) is 9.91. The molecule has 1 aliphatic rings. The minimum atomic E-state index is 0. The van der Waals surface area contributed by atoms with Crippen LogP contribution in [0.25, 0.3) is 0 Å². The van der Waals surface area contributed by atoms with E-state index in [9.17, 15) is 0 Å². The average Bonchev–Trinajstić information content (AvgIpc) is 3.23. The van der Waals surface area contributed by atoms with E-state index >= 15 is 0 Å². The third kappa shape index (κ3) is 5.44. The molecule has 1 unspecified atom stereocenters. The van der Waals surface area contributed by atoms with Crippen molar-refractivity contribution < 1.29 is 4.74 Å². The van der Waals surface area contributed by atoms with Crippen molar-refractivity contribution in [2.24, 2.45) is 19.1 Å². The Morgan fingerprint density at radius 3 is 2.69 bits per heavy atom. The van der Waals surface area contributed by atoms with E-state index in [1.165, 1.54) is 5.56 Å². The highest BCUT2D eigenvalue weighted by Gasteiger charge is 2.24. The minimum Gasteiger partial charge on any atom is -0.370 e. The lowest BCUT2D eigenvalue weighted by molar-refractivity contribution is -0.00801. The molecule has 0 radical (unpaired) electrons. The van der Waals surface area contributed by atoms with Gasteiger partial charge in [0, 0.05) is 52.2 Å². The van der Waals surface area contributed by atoms with Gasteiger partial charge in [0.05, 0.1) is 25.5 Å². The van der Waals surface area contributed by atoms with E-state index < -0.39 is 0 Å². The van der Waals surface area contributed by atoms with Gasteiger partial charge in [-0.3, -0.25) is 14.4 Å². The van der Waals surface area contributed by atoms with Crippen LogP contribution in [0.2, 0.25) is 0 Å². The summed E-state index contributed by atoms with van der Waals surface area (Å²) in [7, 11) is 5.70. The molecular formula is C17H28IN7O. The number of rotatable bonds is 5. The number of aryl methyl sites for hydroxylation is 3. The maximum Gasteiger partial charge on any atom is 0.193 e. The van der Waals surface area contributed by atoms with Crippen LogP contribution < -0.4 is 5.32 Å². The number of aromatic nitrogens is 4. The standard InChI is InChI=1S/C17H27N7O.HI/c1-18-17(19-6-4-5-14-9-20-22(2)11-14)24-7-8-25-16(13-24)15-10-21-23(3)12-15;/h9-12,16H,4-8,13H2,1-3H3,(H,18,19);1H. The molecule has 0 spiro atoms. The van der Waals surface area contributed by atoms with Gasteiger partial charge in [-0.15, -0.1) is 24.0 Å². The molecule has 3 rings (SSSR count). The zero-order valence-corrected chi connectivity index (χ0v) is 18.0. The number of ether oxygens (including phenoxy) is 1. The minimum absolute atomic E-state index is 0. The molecule has 2 aromatic heterocycles. The molecule has 1 saturated heterocycles. The zero-order valence-electron chi connectivity index (χ0n) is 15.6. The number of nitrogens with zero attached hydrogens (tertiary/aromatic N) is 6. The highest BCUT2D eigenvalue weighted by molar-refractivity contribution is 14.0. The normalized spacial score (nSPS) is 17.9. The van der Waals surface area contributed by atoms with E-state index in [0.717, 1.165) is 44.0 Å². The first kappa shape index (κ1) is 20.7. The summed E-state index contributed by atoms with van der Waals surface area (Å²) in [6.07, 6.45) is 9.97. The van der Waals surface area contributed by atoms with E-state index in [1.807, 2.05) is 49.1 Å². The molecule has 1 fully saturated rings. The Bertz CT molecular complexity index is 712. The first-order valence-electron chi connectivity index (χ1n) is 8.69. The van der Waals surface area contributed by atoms with Crippen LogP contribution >= 0.6 is 24.0 Å². The topological polar surface area (TPSA) is 72.5 Å². The molecule has 3 heterocycles. The molecule has 1 aliphatic heterocycles. The Kier molecular flexibility index (Phi) is 7.88. The molecule has 0 aromatic carbocycles. The van der Waals surface area contributed by atoms with Crippen molar-refractivity contribution in [2.75, 3.05) is 33.3 Å². The van der Waals surface area contributed by atoms with Crippen LogP contribution in [0, 0.1) is 0 Å². The van der Waals surface area contributed by atoms with Gasteiger partial charge in [0.15, 0.2) is 5.96 Å². The summed E-state index contributed by atoms with van der Waals surface area (Å²) < 4.78 is 9.55. The second-order valence-corrected chi connectivity index (χ2v) is 6.35. The third-order valence-corrected chi connectivity index (χ3v) is 4.36. The van der Waals surface area contributed by atoms with Gasteiger partial charge in [0.2, 0.25) is 0 Å². The van der Waals surface area contributed by atoms with Gasteiger partial charge in [-0.1, -0.05) is 0 Å². The summed E-state index contributed by atoms with van der Waals surface area (Å²) in [6.45, 7) is 3.21. The van der Waals surface area contributed by atoms with Crippen molar-refractivity contribution in [3.05, 3.63) is 35.9 Å². The molecule has 9 heteroatoms. The number of aliphatic imine (C=N–C) groups is 1. The summed E-state index contributed by atoms with van der Waals surface area (Å²) in [5.74, 6) is 0.934. The number of guanidine groups is 1. The lowest BCUT2D eigenvalue weighted by atomic mass is 10.1. The van der Waals surface area contributed by atoms with Gasteiger partial charge >= 0.3 is 0 Å². The van der Waals surface area contributed by atoms with Crippen molar-refractivity contribution in [2.45, 2.75) is 18.9 Å². The van der Waals surface area contributed by atoms with Crippen molar-refractivity contribution >= 4 is 29.9 Å². The molecule has 1 N–H and O–H groups in total. The fourth-order valence-electron chi connectivity index (χ4n) is 3.08. The lowest BCUT2D eigenvalue weighted by Crippen LogP contribution is -2.48. The van der Waals surface area contributed by atoms with Crippen molar-refractivity contribution in [1.82, 2.24) is 29.8 Å². The highest BCUT2D eigenvalue weighted by Crippen LogP contribution is 2.21. The zero-order chi connectivity index (χ0) is 17.6.